The summed E-state index contributed by atoms with van der Waals surface area (Å²) in [4.78, 5) is 0. The molecule has 4 aromatic rings. The Bertz CT molecular complexity index is 1340. The molecule has 0 saturated carbocycles. The Morgan fingerprint density at radius 3 is 2.48 bits per heavy atom. The van der Waals surface area contributed by atoms with Crippen LogP contribution in [0.5, 0.6) is 11.5 Å². The maximum Gasteiger partial charge on any atom is 0.213 e. The van der Waals surface area contributed by atoms with Crippen molar-refractivity contribution in [2.75, 3.05) is 0 Å². The third-order valence-electron chi connectivity index (χ3n) is 6.34. The predicted octanol–water partition coefficient (Wildman–Crippen LogP) is 6.87. The van der Waals surface area contributed by atoms with E-state index in [2.05, 4.69) is 77.8 Å². The van der Waals surface area contributed by atoms with Gasteiger partial charge in [-0.05, 0) is 55.0 Å². The van der Waals surface area contributed by atoms with Gasteiger partial charge in [-0.2, -0.15) is 5.10 Å². The standard InChI is InChI=1S/C29H26N2O2/c1-19(2)32-22-16-14-21(15-17-22)29-31-27(25-11-5-6-13-28(25)33-29)18-26(30-31)24-12-7-9-20-8-3-4-10-23(20)24/h3-17,19,27,29H,18H2,1-2H3. The maximum absolute atomic E-state index is 6.50. The Kier molecular flexibility index (Phi) is 4.79. The van der Waals surface area contributed by atoms with Crippen LogP contribution in [0.2, 0.25) is 0 Å². The van der Waals surface area contributed by atoms with Crippen molar-refractivity contribution in [1.29, 1.82) is 0 Å². The molecule has 0 fully saturated rings. The van der Waals surface area contributed by atoms with Crippen molar-refractivity contribution in [3.63, 3.8) is 0 Å². The molecule has 164 valence electrons. The molecule has 4 nitrogen and oxygen atoms in total. The number of benzene rings is 4. The average molecular weight is 435 g/mol. The normalized spacial score (nSPS) is 19.1. The van der Waals surface area contributed by atoms with Gasteiger partial charge in [0, 0.05) is 23.1 Å². The summed E-state index contributed by atoms with van der Waals surface area (Å²) in [6.07, 6.45) is 0.703. The number of hydrogen-bond acceptors (Lipinski definition) is 4. The molecule has 4 aromatic carbocycles. The van der Waals surface area contributed by atoms with E-state index in [1.807, 2.05) is 32.0 Å². The molecule has 4 heteroatoms. The largest absolute Gasteiger partial charge is 0.491 e. The van der Waals surface area contributed by atoms with Gasteiger partial charge in [0.15, 0.2) is 0 Å². The highest BCUT2D eigenvalue weighted by Crippen LogP contribution is 2.47. The van der Waals surface area contributed by atoms with E-state index in [0.29, 0.717) is 0 Å². The summed E-state index contributed by atoms with van der Waals surface area (Å²) in [6, 6.07) is 31.6. The van der Waals surface area contributed by atoms with Crippen LogP contribution in [0.25, 0.3) is 10.8 Å². The minimum atomic E-state index is -0.287. The van der Waals surface area contributed by atoms with Crippen LogP contribution in [0.4, 0.5) is 0 Å². The molecule has 2 unspecified atom stereocenters. The number of hydrazone groups is 1. The monoisotopic (exact) mass is 434 g/mol. The summed E-state index contributed by atoms with van der Waals surface area (Å²) < 4.78 is 12.3. The molecule has 0 aliphatic carbocycles. The molecular formula is C29H26N2O2. The van der Waals surface area contributed by atoms with Crippen molar-refractivity contribution in [3.05, 3.63) is 108 Å². The van der Waals surface area contributed by atoms with E-state index in [4.69, 9.17) is 14.6 Å². The van der Waals surface area contributed by atoms with Crippen LogP contribution in [-0.4, -0.2) is 16.8 Å². The van der Waals surface area contributed by atoms with Gasteiger partial charge in [-0.25, -0.2) is 5.01 Å². The number of hydrogen-bond donors (Lipinski definition) is 0. The summed E-state index contributed by atoms with van der Waals surface area (Å²) in [6.45, 7) is 4.07. The van der Waals surface area contributed by atoms with Gasteiger partial charge in [-0.15, -0.1) is 0 Å². The van der Waals surface area contributed by atoms with Crippen LogP contribution in [0, 0.1) is 0 Å². The molecule has 0 spiro atoms. The Morgan fingerprint density at radius 1 is 0.879 bits per heavy atom. The van der Waals surface area contributed by atoms with Crippen LogP contribution in [-0.2, 0) is 0 Å². The number of rotatable bonds is 4. The molecule has 0 saturated heterocycles. The van der Waals surface area contributed by atoms with Crippen LogP contribution >= 0.6 is 0 Å². The fourth-order valence-corrected chi connectivity index (χ4v) is 4.88. The van der Waals surface area contributed by atoms with Gasteiger partial charge in [-0.3, -0.25) is 0 Å². The van der Waals surface area contributed by atoms with Crippen LogP contribution in [0.1, 0.15) is 49.2 Å². The molecule has 2 heterocycles. The van der Waals surface area contributed by atoms with Gasteiger partial charge in [-0.1, -0.05) is 60.7 Å². The van der Waals surface area contributed by atoms with E-state index >= 15 is 0 Å². The Labute approximate surface area is 194 Å². The van der Waals surface area contributed by atoms with Crippen molar-refractivity contribution < 1.29 is 9.47 Å². The van der Waals surface area contributed by atoms with Crippen LogP contribution in [0.3, 0.4) is 0 Å². The van der Waals surface area contributed by atoms with E-state index < -0.39 is 0 Å². The summed E-state index contributed by atoms with van der Waals surface area (Å²) in [5, 5.41) is 9.76. The lowest BCUT2D eigenvalue weighted by molar-refractivity contribution is -0.0190. The smallest absolute Gasteiger partial charge is 0.213 e. The minimum absolute atomic E-state index is 0.139. The van der Waals surface area contributed by atoms with Crippen LogP contribution in [0.15, 0.2) is 96.1 Å². The Balaban J connectivity index is 1.42. The predicted molar refractivity (Wildman–Crippen MR) is 132 cm³/mol. The van der Waals surface area contributed by atoms with E-state index in [-0.39, 0.29) is 18.4 Å². The quantitative estimate of drug-likeness (QED) is 0.351. The van der Waals surface area contributed by atoms with Crippen LogP contribution < -0.4 is 9.47 Å². The molecule has 2 atom stereocenters. The SMILES string of the molecule is CC(C)Oc1ccc(C2Oc3ccccc3C3CC(c4cccc5ccccc45)=NN32)cc1. The Hall–Kier alpha value is -3.79. The molecule has 0 N–H and O–H groups in total. The number of fused-ring (bicyclic) bond motifs is 4. The highest BCUT2D eigenvalue weighted by atomic mass is 16.5. The number of ether oxygens (including phenoxy) is 2. The van der Waals surface area contributed by atoms with Crippen molar-refractivity contribution >= 4 is 16.5 Å². The lowest BCUT2D eigenvalue weighted by Crippen LogP contribution is -2.33. The highest BCUT2D eigenvalue weighted by Gasteiger charge is 2.41. The lowest BCUT2D eigenvalue weighted by Gasteiger charge is -2.38. The van der Waals surface area contributed by atoms with Gasteiger partial charge >= 0.3 is 0 Å². The zero-order chi connectivity index (χ0) is 22.4. The first-order chi connectivity index (χ1) is 16.2. The number of nitrogens with zero attached hydrogens (tertiary/aromatic N) is 2. The van der Waals surface area contributed by atoms with Gasteiger partial charge in [0.05, 0.1) is 17.9 Å². The third-order valence-corrected chi connectivity index (χ3v) is 6.34. The van der Waals surface area contributed by atoms with Crippen molar-refractivity contribution in [3.8, 4) is 11.5 Å². The topological polar surface area (TPSA) is 34.1 Å². The molecule has 2 aliphatic heterocycles. The van der Waals surface area contributed by atoms with Gasteiger partial charge < -0.3 is 9.47 Å². The molecule has 6 rings (SSSR count). The molecule has 33 heavy (non-hydrogen) atoms. The summed E-state index contributed by atoms with van der Waals surface area (Å²) >= 11 is 0. The summed E-state index contributed by atoms with van der Waals surface area (Å²) in [7, 11) is 0. The van der Waals surface area contributed by atoms with E-state index in [1.54, 1.807) is 0 Å². The van der Waals surface area contributed by atoms with Crippen molar-refractivity contribution in [2.45, 2.75) is 38.6 Å². The summed E-state index contributed by atoms with van der Waals surface area (Å²) in [5.74, 6) is 1.79. The molecule has 0 aromatic heterocycles. The van der Waals surface area contributed by atoms with Gasteiger partial charge in [0.2, 0.25) is 6.23 Å². The van der Waals surface area contributed by atoms with Crippen molar-refractivity contribution in [1.82, 2.24) is 5.01 Å². The molecular weight excluding hydrogens is 408 g/mol. The first-order valence-corrected chi connectivity index (χ1v) is 11.5. The molecule has 0 bridgehead atoms. The molecule has 2 aliphatic rings. The third kappa shape index (κ3) is 3.52. The highest BCUT2D eigenvalue weighted by molar-refractivity contribution is 6.11. The second-order valence-electron chi connectivity index (χ2n) is 8.92. The van der Waals surface area contributed by atoms with Gasteiger partial charge in [0.1, 0.15) is 11.5 Å². The maximum atomic E-state index is 6.50. The average Bonchev–Trinajstić information content (AvgIpc) is 3.29. The zero-order valence-corrected chi connectivity index (χ0v) is 18.8. The minimum Gasteiger partial charge on any atom is -0.491 e. The first kappa shape index (κ1) is 19.9. The fourth-order valence-electron chi connectivity index (χ4n) is 4.88. The van der Waals surface area contributed by atoms with Gasteiger partial charge in [0.25, 0.3) is 0 Å². The van der Waals surface area contributed by atoms with E-state index in [9.17, 15) is 0 Å². The number of para-hydroxylation sites is 1. The molecule has 0 amide bonds. The first-order valence-electron chi connectivity index (χ1n) is 11.5. The van der Waals surface area contributed by atoms with E-state index in [1.165, 1.54) is 21.9 Å². The zero-order valence-electron chi connectivity index (χ0n) is 18.8. The Morgan fingerprint density at radius 2 is 1.64 bits per heavy atom. The fraction of sp³-hybridized carbons (Fsp3) is 0.207. The second kappa shape index (κ2) is 7.96. The second-order valence-corrected chi connectivity index (χ2v) is 8.92. The summed E-state index contributed by atoms with van der Waals surface area (Å²) in [5.41, 5.74) is 4.54. The lowest BCUT2D eigenvalue weighted by atomic mass is 9.93. The van der Waals surface area contributed by atoms with Crippen molar-refractivity contribution in [2.24, 2.45) is 5.10 Å². The van der Waals surface area contributed by atoms with E-state index in [0.717, 1.165) is 29.2 Å². The molecule has 0 radical (unpaired) electrons.